The van der Waals surface area contributed by atoms with Gasteiger partial charge in [0, 0.05) is 13.0 Å². The van der Waals surface area contributed by atoms with Crippen molar-refractivity contribution in [1.29, 1.82) is 0 Å². The van der Waals surface area contributed by atoms with E-state index in [2.05, 4.69) is 30.5 Å². The lowest BCUT2D eigenvalue weighted by atomic mass is 9.97. The summed E-state index contributed by atoms with van der Waals surface area (Å²) in [6.45, 7) is 8.95. The Hall–Kier alpha value is -1.61. The Morgan fingerprint density at radius 1 is 1.39 bits per heavy atom. The molecule has 3 nitrogen and oxygen atoms in total. The average molecular weight is 315 g/mol. The molecule has 1 fully saturated rings. The molecule has 1 heterocycles. The molecule has 1 saturated heterocycles. The van der Waals surface area contributed by atoms with Gasteiger partial charge in [-0.1, -0.05) is 43.3 Å². The largest absolute Gasteiger partial charge is 0.375 e. The molecule has 23 heavy (non-hydrogen) atoms. The van der Waals surface area contributed by atoms with Crippen LogP contribution < -0.4 is 0 Å². The summed E-state index contributed by atoms with van der Waals surface area (Å²) in [7, 11) is 0. The lowest BCUT2D eigenvalue weighted by Crippen LogP contribution is -2.42. The zero-order chi connectivity index (χ0) is 16.7. The van der Waals surface area contributed by atoms with Crippen LogP contribution in [0.1, 0.15) is 45.1 Å². The van der Waals surface area contributed by atoms with Gasteiger partial charge in [0.1, 0.15) is 0 Å². The first-order valence-electron chi connectivity index (χ1n) is 8.65. The molecule has 0 aromatic heterocycles. The van der Waals surface area contributed by atoms with Gasteiger partial charge in [0.25, 0.3) is 0 Å². The van der Waals surface area contributed by atoms with E-state index in [1.165, 1.54) is 5.56 Å². The van der Waals surface area contributed by atoms with Crippen molar-refractivity contribution >= 4 is 5.91 Å². The Kier molecular flexibility index (Phi) is 6.85. The molecule has 1 aromatic carbocycles. The van der Waals surface area contributed by atoms with Gasteiger partial charge in [0.05, 0.1) is 19.3 Å². The van der Waals surface area contributed by atoms with Crippen LogP contribution in [0.5, 0.6) is 0 Å². The minimum atomic E-state index is 0.172. The third kappa shape index (κ3) is 4.93. The van der Waals surface area contributed by atoms with E-state index in [1.54, 1.807) is 6.92 Å². The second-order valence-corrected chi connectivity index (χ2v) is 6.58. The van der Waals surface area contributed by atoms with Crippen molar-refractivity contribution in [3.05, 3.63) is 48.6 Å². The summed E-state index contributed by atoms with van der Waals surface area (Å²) >= 11 is 0. The summed E-state index contributed by atoms with van der Waals surface area (Å²) in [4.78, 5) is 14.2. The van der Waals surface area contributed by atoms with Crippen molar-refractivity contribution in [2.45, 2.75) is 58.2 Å². The van der Waals surface area contributed by atoms with Crippen LogP contribution >= 0.6 is 0 Å². The normalized spacial score (nSPS) is 23.9. The number of likely N-dealkylation sites (tertiary alicyclic amines) is 1. The highest BCUT2D eigenvalue weighted by Gasteiger charge is 2.39. The number of unbranched alkanes of at least 4 members (excludes halogenated alkanes) is 1. The summed E-state index contributed by atoms with van der Waals surface area (Å²) in [5, 5.41) is 0. The van der Waals surface area contributed by atoms with Gasteiger partial charge in [-0.05, 0) is 37.2 Å². The van der Waals surface area contributed by atoms with E-state index < -0.39 is 0 Å². The van der Waals surface area contributed by atoms with Gasteiger partial charge in [-0.25, -0.2) is 0 Å². The van der Waals surface area contributed by atoms with E-state index in [-0.39, 0.29) is 11.9 Å². The molecule has 0 spiro atoms. The molecule has 3 atom stereocenters. The second kappa shape index (κ2) is 8.88. The highest BCUT2D eigenvalue weighted by Crippen LogP contribution is 2.33. The summed E-state index contributed by atoms with van der Waals surface area (Å²) in [5.74, 6) is 0.709. The third-order valence-electron chi connectivity index (χ3n) is 4.74. The molecule has 0 N–H and O–H groups in total. The van der Waals surface area contributed by atoms with Gasteiger partial charge in [-0.15, -0.1) is 6.58 Å². The van der Waals surface area contributed by atoms with E-state index in [1.807, 2.05) is 24.3 Å². The van der Waals surface area contributed by atoms with Crippen molar-refractivity contribution < 1.29 is 9.53 Å². The zero-order valence-electron chi connectivity index (χ0n) is 14.4. The van der Waals surface area contributed by atoms with E-state index in [0.29, 0.717) is 25.2 Å². The van der Waals surface area contributed by atoms with Crippen molar-refractivity contribution in [1.82, 2.24) is 4.90 Å². The van der Waals surface area contributed by atoms with Crippen molar-refractivity contribution in [3.63, 3.8) is 0 Å². The first kappa shape index (κ1) is 17.7. The SMILES string of the molecule is C=CCCC[C@@H]1C(C)C[C@H](COCc2ccccc2)N1C(C)=O. The van der Waals surface area contributed by atoms with Crippen LogP contribution in [0.4, 0.5) is 0 Å². The standard InChI is InChI=1S/C20H29NO2/c1-4-5-7-12-20-16(2)13-19(21(20)17(3)22)15-23-14-18-10-8-6-9-11-18/h4,6,8-11,16,19-20H,1,5,7,12-15H2,2-3H3/t16?,19-,20-/m1/s1. The van der Waals surface area contributed by atoms with Crippen molar-refractivity contribution in [2.75, 3.05) is 6.61 Å². The molecule has 0 aliphatic carbocycles. The van der Waals surface area contributed by atoms with Crippen molar-refractivity contribution in [2.24, 2.45) is 5.92 Å². The Bertz CT molecular complexity index is 500. The van der Waals surface area contributed by atoms with Crippen LogP contribution in [0.15, 0.2) is 43.0 Å². The first-order chi connectivity index (χ1) is 11.1. The van der Waals surface area contributed by atoms with Crippen LogP contribution in [0.2, 0.25) is 0 Å². The molecule has 1 unspecified atom stereocenters. The topological polar surface area (TPSA) is 29.5 Å². The summed E-state index contributed by atoms with van der Waals surface area (Å²) < 4.78 is 5.90. The molecule has 0 bridgehead atoms. The highest BCUT2D eigenvalue weighted by atomic mass is 16.5. The van der Waals surface area contributed by atoms with Crippen LogP contribution in [-0.2, 0) is 16.1 Å². The van der Waals surface area contributed by atoms with E-state index in [9.17, 15) is 4.79 Å². The zero-order valence-corrected chi connectivity index (χ0v) is 14.4. The molecule has 1 amide bonds. The predicted molar refractivity (Wildman–Crippen MR) is 94.0 cm³/mol. The lowest BCUT2D eigenvalue weighted by Gasteiger charge is -2.30. The van der Waals surface area contributed by atoms with Gasteiger partial charge in [0.2, 0.25) is 5.91 Å². The van der Waals surface area contributed by atoms with E-state index in [4.69, 9.17) is 4.74 Å². The van der Waals surface area contributed by atoms with E-state index >= 15 is 0 Å². The average Bonchev–Trinajstić information content (AvgIpc) is 2.85. The maximum absolute atomic E-state index is 12.1. The number of amides is 1. The maximum atomic E-state index is 12.1. The number of carbonyl (C=O) groups is 1. The van der Waals surface area contributed by atoms with Gasteiger partial charge in [-0.2, -0.15) is 0 Å². The van der Waals surface area contributed by atoms with Crippen LogP contribution in [0.25, 0.3) is 0 Å². The smallest absolute Gasteiger partial charge is 0.220 e. The quantitative estimate of drug-likeness (QED) is 0.532. The molecule has 3 heteroatoms. The number of carbonyl (C=O) groups excluding carboxylic acids is 1. The van der Waals surface area contributed by atoms with Gasteiger partial charge in [0.15, 0.2) is 0 Å². The van der Waals surface area contributed by atoms with E-state index in [0.717, 1.165) is 25.7 Å². The molecular formula is C20H29NO2. The number of hydrogen-bond donors (Lipinski definition) is 0. The molecule has 126 valence electrons. The van der Waals surface area contributed by atoms with Gasteiger partial charge < -0.3 is 9.64 Å². The minimum Gasteiger partial charge on any atom is -0.375 e. The Balaban J connectivity index is 1.89. The number of hydrogen-bond acceptors (Lipinski definition) is 2. The fourth-order valence-corrected chi connectivity index (χ4v) is 3.67. The monoisotopic (exact) mass is 315 g/mol. The predicted octanol–water partition coefficient (Wildman–Crippen LogP) is 4.19. The number of nitrogens with zero attached hydrogens (tertiary/aromatic N) is 1. The Morgan fingerprint density at radius 2 is 2.13 bits per heavy atom. The fourth-order valence-electron chi connectivity index (χ4n) is 3.67. The molecular weight excluding hydrogens is 286 g/mol. The van der Waals surface area contributed by atoms with Gasteiger partial charge >= 0.3 is 0 Å². The number of benzene rings is 1. The number of ether oxygens (including phenoxy) is 1. The van der Waals surface area contributed by atoms with Crippen molar-refractivity contribution in [3.8, 4) is 0 Å². The highest BCUT2D eigenvalue weighted by molar-refractivity contribution is 5.74. The number of rotatable bonds is 8. The molecule has 1 aliphatic heterocycles. The fraction of sp³-hybridized carbons (Fsp3) is 0.550. The molecule has 0 saturated carbocycles. The molecule has 0 radical (unpaired) electrons. The molecule has 2 rings (SSSR count). The second-order valence-electron chi connectivity index (χ2n) is 6.58. The summed E-state index contributed by atoms with van der Waals surface area (Å²) in [6, 6.07) is 10.7. The summed E-state index contributed by atoms with van der Waals surface area (Å²) in [6.07, 6.45) is 6.16. The minimum absolute atomic E-state index is 0.172. The maximum Gasteiger partial charge on any atom is 0.220 e. The van der Waals surface area contributed by atoms with Crippen LogP contribution in [-0.4, -0.2) is 29.5 Å². The van der Waals surface area contributed by atoms with Crippen LogP contribution in [0, 0.1) is 5.92 Å². The number of allylic oxidation sites excluding steroid dienone is 1. The summed E-state index contributed by atoms with van der Waals surface area (Å²) in [5.41, 5.74) is 1.18. The first-order valence-corrected chi connectivity index (χ1v) is 8.65. The van der Waals surface area contributed by atoms with Gasteiger partial charge in [-0.3, -0.25) is 4.79 Å². The van der Waals surface area contributed by atoms with Crippen LogP contribution in [0.3, 0.4) is 0 Å². The third-order valence-corrected chi connectivity index (χ3v) is 4.74. The Morgan fingerprint density at radius 3 is 2.78 bits per heavy atom. The molecule has 1 aromatic rings. The molecule has 1 aliphatic rings. The Labute approximate surface area is 140 Å². The lowest BCUT2D eigenvalue weighted by molar-refractivity contribution is -0.133.